The third-order valence-corrected chi connectivity index (χ3v) is 2.96. The Morgan fingerprint density at radius 3 is 2.57 bits per heavy atom. The SMILES string of the molecule is Cc1ccc(NC(=O)COc2ccc(CO)cc2)c(N)c1. The second kappa shape index (κ2) is 6.76. The maximum absolute atomic E-state index is 11.8. The number of benzene rings is 2. The van der Waals surface area contributed by atoms with E-state index in [1.165, 1.54) is 0 Å². The van der Waals surface area contributed by atoms with Crippen molar-refractivity contribution in [3.05, 3.63) is 53.6 Å². The van der Waals surface area contributed by atoms with Crippen molar-refractivity contribution in [3.8, 4) is 5.75 Å². The van der Waals surface area contributed by atoms with E-state index in [0.717, 1.165) is 11.1 Å². The van der Waals surface area contributed by atoms with Gasteiger partial charge in [-0.3, -0.25) is 4.79 Å². The molecule has 1 amide bonds. The quantitative estimate of drug-likeness (QED) is 0.735. The average Bonchev–Trinajstić information content (AvgIpc) is 2.48. The van der Waals surface area contributed by atoms with Gasteiger partial charge in [-0.05, 0) is 42.3 Å². The van der Waals surface area contributed by atoms with Crippen LogP contribution in [0.25, 0.3) is 0 Å². The Hall–Kier alpha value is -2.53. The number of carbonyl (C=O) groups is 1. The van der Waals surface area contributed by atoms with Crippen LogP contribution in [-0.4, -0.2) is 17.6 Å². The summed E-state index contributed by atoms with van der Waals surface area (Å²) in [5.74, 6) is 0.288. The third-order valence-electron chi connectivity index (χ3n) is 2.96. The number of hydrogen-bond acceptors (Lipinski definition) is 4. The molecule has 21 heavy (non-hydrogen) atoms. The molecule has 0 bridgehead atoms. The molecule has 0 aliphatic rings. The molecule has 5 heteroatoms. The molecule has 4 N–H and O–H groups in total. The highest BCUT2D eigenvalue weighted by Crippen LogP contribution is 2.19. The van der Waals surface area contributed by atoms with Gasteiger partial charge in [-0.1, -0.05) is 18.2 Å². The van der Waals surface area contributed by atoms with Crippen molar-refractivity contribution in [1.82, 2.24) is 0 Å². The van der Waals surface area contributed by atoms with E-state index in [0.29, 0.717) is 17.1 Å². The van der Waals surface area contributed by atoms with Gasteiger partial charge in [-0.2, -0.15) is 0 Å². The highest BCUT2D eigenvalue weighted by atomic mass is 16.5. The van der Waals surface area contributed by atoms with Crippen LogP contribution in [0.4, 0.5) is 11.4 Å². The first-order valence-electron chi connectivity index (χ1n) is 6.57. The molecule has 0 radical (unpaired) electrons. The molecule has 0 aliphatic carbocycles. The zero-order chi connectivity index (χ0) is 15.2. The van der Waals surface area contributed by atoms with Crippen molar-refractivity contribution in [3.63, 3.8) is 0 Å². The van der Waals surface area contributed by atoms with Crippen molar-refractivity contribution in [1.29, 1.82) is 0 Å². The van der Waals surface area contributed by atoms with Crippen molar-refractivity contribution >= 4 is 17.3 Å². The minimum absolute atomic E-state index is 0.0204. The minimum atomic E-state index is -0.281. The van der Waals surface area contributed by atoms with E-state index in [2.05, 4.69) is 5.32 Å². The summed E-state index contributed by atoms with van der Waals surface area (Å²) in [6.45, 7) is 1.81. The molecule has 0 saturated carbocycles. The van der Waals surface area contributed by atoms with Gasteiger partial charge in [-0.15, -0.1) is 0 Å². The number of amides is 1. The molecule has 110 valence electrons. The standard InChI is InChI=1S/C16H18N2O3/c1-11-2-7-15(14(17)8-11)18-16(20)10-21-13-5-3-12(9-19)4-6-13/h2-8,19H,9-10,17H2,1H3,(H,18,20). The molecule has 5 nitrogen and oxygen atoms in total. The van der Waals surface area contributed by atoms with E-state index in [1.807, 2.05) is 13.0 Å². The normalized spacial score (nSPS) is 10.2. The van der Waals surface area contributed by atoms with E-state index in [9.17, 15) is 4.79 Å². The lowest BCUT2D eigenvalue weighted by atomic mass is 10.2. The fourth-order valence-electron chi connectivity index (χ4n) is 1.82. The second-order valence-corrected chi connectivity index (χ2v) is 4.73. The van der Waals surface area contributed by atoms with Gasteiger partial charge in [0.2, 0.25) is 0 Å². The van der Waals surface area contributed by atoms with Crippen LogP contribution in [-0.2, 0) is 11.4 Å². The number of ether oxygens (including phenoxy) is 1. The number of nitrogens with one attached hydrogen (secondary N) is 1. The lowest BCUT2D eigenvalue weighted by Gasteiger charge is -2.10. The van der Waals surface area contributed by atoms with Crippen LogP contribution >= 0.6 is 0 Å². The third kappa shape index (κ3) is 4.22. The zero-order valence-corrected chi connectivity index (χ0v) is 11.8. The second-order valence-electron chi connectivity index (χ2n) is 4.73. The van der Waals surface area contributed by atoms with Crippen LogP contribution in [0.15, 0.2) is 42.5 Å². The summed E-state index contributed by atoms with van der Waals surface area (Å²) >= 11 is 0. The number of carbonyl (C=O) groups excluding carboxylic acids is 1. The fraction of sp³-hybridized carbons (Fsp3) is 0.188. The molecular formula is C16H18N2O3. The molecule has 2 aromatic carbocycles. The van der Waals surface area contributed by atoms with Gasteiger partial charge in [0.1, 0.15) is 5.75 Å². The molecule has 0 unspecified atom stereocenters. The molecule has 0 saturated heterocycles. The van der Waals surface area contributed by atoms with E-state index in [1.54, 1.807) is 36.4 Å². The first-order chi connectivity index (χ1) is 10.1. The van der Waals surface area contributed by atoms with Gasteiger partial charge in [0.25, 0.3) is 5.91 Å². The molecule has 2 aromatic rings. The Kier molecular flexibility index (Phi) is 4.79. The summed E-state index contributed by atoms with van der Waals surface area (Å²) < 4.78 is 5.37. The van der Waals surface area contributed by atoms with E-state index >= 15 is 0 Å². The number of hydrogen-bond donors (Lipinski definition) is 3. The summed E-state index contributed by atoms with van der Waals surface area (Å²) in [4.78, 5) is 11.8. The van der Waals surface area contributed by atoms with Crippen LogP contribution in [0.5, 0.6) is 5.75 Å². The van der Waals surface area contributed by atoms with Crippen molar-refractivity contribution in [2.45, 2.75) is 13.5 Å². The topological polar surface area (TPSA) is 84.6 Å². The molecule has 0 heterocycles. The molecule has 0 spiro atoms. The lowest BCUT2D eigenvalue weighted by molar-refractivity contribution is -0.118. The Labute approximate surface area is 123 Å². The van der Waals surface area contributed by atoms with Crippen LogP contribution in [0.1, 0.15) is 11.1 Å². The number of aliphatic hydroxyl groups excluding tert-OH is 1. The summed E-state index contributed by atoms with van der Waals surface area (Å²) in [5, 5.41) is 11.6. The number of rotatable bonds is 5. The monoisotopic (exact) mass is 286 g/mol. The highest BCUT2D eigenvalue weighted by molar-refractivity contribution is 5.94. The average molecular weight is 286 g/mol. The summed E-state index contributed by atoms with van der Waals surface area (Å²) in [6.07, 6.45) is 0. The number of nitrogen functional groups attached to an aromatic ring is 1. The van der Waals surface area contributed by atoms with Crippen LogP contribution < -0.4 is 15.8 Å². The summed E-state index contributed by atoms with van der Waals surface area (Å²) in [6, 6.07) is 12.3. The number of aliphatic hydroxyl groups is 1. The van der Waals surface area contributed by atoms with E-state index in [-0.39, 0.29) is 19.1 Å². The first-order valence-corrected chi connectivity index (χ1v) is 6.57. The van der Waals surface area contributed by atoms with Crippen LogP contribution in [0, 0.1) is 6.92 Å². The fourth-order valence-corrected chi connectivity index (χ4v) is 1.82. The number of nitrogens with two attached hydrogens (primary N) is 1. The zero-order valence-electron chi connectivity index (χ0n) is 11.8. The molecule has 0 atom stereocenters. The molecule has 0 aliphatic heterocycles. The maximum Gasteiger partial charge on any atom is 0.262 e. The van der Waals surface area contributed by atoms with E-state index < -0.39 is 0 Å². The van der Waals surface area contributed by atoms with Gasteiger partial charge in [0.05, 0.1) is 18.0 Å². The predicted octanol–water partition coefficient (Wildman–Crippen LogP) is 2.09. The van der Waals surface area contributed by atoms with Crippen molar-refractivity contribution in [2.24, 2.45) is 0 Å². The number of anilines is 2. The van der Waals surface area contributed by atoms with Gasteiger partial charge in [0, 0.05) is 0 Å². The van der Waals surface area contributed by atoms with Crippen LogP contribution in [0.2, 0.25) is 0 Å². The largest absolute Gasteiger partial charge is 0.484 e. The Balaban J connectivity index is 1.89. The summed E-state index contributed by atoms with van der Waals surface area (Å²) in [7, 11) is 0. The van der Waals surface area contributed by atoms with Gasteiger partial charge in [-0.25, -0.2) is 0 Å². The van der Waals surface area contributed by atoms with Gasteiger partial charge in [0.15, 0.2) is 6.61 Å². The smallest absolute Gasteiger partial charge is 0.262 e. The highest BCUT2D eigenvalue weighted by Gasteiger charge is 2.06. The first kappa shape index (κ1) is 14.9. The van der Waals surface area contributed by atoms with Crippen molar-refractivity contribution < 1.29 is 14.6 Å². The van der Waals surface area contributed by atoms with Crippen molar-refractivity contribution in [2.75, 3.05) is 17.7 Å². The van der Waals surface area contributed by atoms with Gasteiger partial charge >= 0.3 is 0 Å². The summed E-state index contributed by atoms with van der Waals surface area (Å²) in [5.41, 5.74) is 8.75. The molecule has 2 rings (SSSR count). The number of aryl methyl sites for hydroxylation is 1. The Morgan fingerprint density at radius 1 is 1.24 bits per heavy atom. The molecule has 0 fully saturated rings. The Morgan fingerprint density at radius 2 is 1.95 bits per heavy atom. The molecular weight excluding hydrogens is 268 g/mol. The predicted molar refractivity (Wildman–Crippen MR) is 82.1 cm³/mol. The lowest BCUT2D eigenvalue weighted by Crippen LogP contribution is -2.20. The van der Waals surface area contributed by atoms with Crippen LogP contribution in [0.3, 0.4) is 0 Å². The minimum Gasteiger partial charge on any atom is -0.484 e. The Bertz CT molecular complexity index is 624. The maximum atomic E-state index is 11.8. The molecule has 0 aromatic heterocycles. The van der Waals surface area contributed by atoms with Gasteiger partial charge < -0.3 is 20.9 Å². The van der Waals surface area contributed by atoms with E-state index in [4.69, 9.17) is 15.6 Å².